The number of aliphatic hydroxyl groups excluding tert-OH is 1. The van der Waals surface area contributed by atoms with Gasteiger partial charge < -0.3 is 15.1 Å². The first kappa shape index (κ1) is 13.5. The summed E-state index contributed by atoms with van der Waals surface area (Å²) in [6.07, 6.45) is 2.20. The summed E-state index contributed by atoms with van der Waals surface area (Å²) in [7, 11) is 0. The molecular weight excluding hydrogens is 226 g/mol. The standard InChI is InChI=1S/C15H23NO2/c1-15(18)8-5-10-16(11-9-15)12-14(17)13-6-3-2-4-7-13/h2-4,6-7,14,17-18H,5,8-12H2,1H3. The van der Waals surface area contributed by atoms with Gasteiger partial charge in [0.15, 0.2) is 0 Å². The van der Waals surface area contributed by atoms with Crippen LogP contribution in [0.5, 0.6) is 0 Å². The van der Waals surface area contributed by atoms with Crippen molar-refractivity contribution in [3.05, 3.63) is 35.9 Å². The molecule has 0 bridgehead atoms. The predicted molar refractivity (Wildman–Crippen MR) is 72.3 cm³/mol. The molecule has 1 aliphatic rings. The molecule has 1 aromatic rings. The molecule has 0 amide bonds. The van der Waals surface area contributed by atoms with Crippen LogP contribution in [0.2, 0.25) is 0 Å². The highest BCUT2D eigenvalue weighted by molar-refractivity contribution is 5.17. The van der Waals surface area contributed by atoms with Crippen LogP contribution >= 0.6 is 0 Å². The fourth-order valence-corrected chi connectivity index (χ4v) is 2.53. The van der Waals surface area contributed by atoms with Crippen LogP contribution in [0.25, 0.3) is 0 Å². The Balaban J connectivity index is 1.90. The first-order valence-corrected chi connectivity index (χ1v) is 6.75. The molecule has 0 saturated carbocycles. The summed E-state index contributed by atoms with van der Waals surface area (Å²) in [5, 5.41) is 20.2. The van der Waals surface area contributed by atoms with Gasteiger partial charge in [-0.05, 0) is 38.3 Å². The number of benzene rings is 1. The molecule has 0 spiro atoms. The van der Waals surface area contributed by atoms with Crippen molar-refractivity contribution < 1.29 is 10.2 Å². The summed E-state index contributed by atoms with van der Waals surface area (Å²) in [5.74, 6) is 0. The minimum absolute atomic E-state index is 0.436. The topological polar surface area (TPSA) is 43.7 Å². The van der Waals surface area contributed by atoms with E-state index in [1.807, 2.05) is 37.3 Å². The van der Waals surface area contributed by atoms with Crippen LogP contribution < -0.4 is 0 Å². The van der Waals surface area contributed by atoms with Crippen molar-refractivity contribution in [2.24, 2.45) is 0 Å². The highest BCUT2D eigenvalue weighted by atomic mass is 16.3. The maximum absolute atomic E-state index is 10.2. The fourth-order valence-electron chi connectivity index (χ4n) is 2.53. The van der Waals surface area contributed by atoms with Gasteiger partial charge in [-0.3, -0.25) is 0 Å². The second kappa shape index (κ2) is 5.83. The lowest BCUT2D eigenvalue weighted by molar-refractivity contribution is 0.0421. The van der Waals surface area contributed by atoms with Gasteiger partial charge in [0.2, 0.25) is 0 Å². The average molecular weight is 249 g/mol. The molecule has 2 unspecified atom stereocenters. The molecule has 1 fully saturated rings. The lowest BCUT2D eigenvalue weighted by atomic mass is 9.98. The fraction of sp³-hybridized carbons (Fsp3) is 0.600. The minimum Gasteiger partial charge on any atom is -0.390 e. The van der Waals surface area contributed by atoms with Crippen molar-refractivity contribution >= 4 is 0 Å². The number of rotatable bonds is 3. The first-order valence-electron chi connectivity index (χ1n) is 6.75. The zero-order chi connectivity index (χ0) is 13.0. The summed E-state index contributed by atoms with van der Waals surface area (Å²) in [6, 6.07) is 9.77. The Morgan fingerprint density at radius 3 is 2.67 bits per heavy atom. The first-order chi connectivity index (χ1) is 8.57. The van der Waals surface area contributed by atoms with Crippen molar-refractivity contribution in [2.45, 2.75) is 37.9 Å². The van der Waals surface area contributed by atoms with E-state index in [2.05, 4.69) is 4.90 Å². The number of hydrogen-bond donors (Lipinski definition) is 2. The van der Waals surface area contributed by atoms with Crippen molar-refractivity contribution in [1.82, 2.24) is 4.90 Å². The Labute approximate surface area is 109 Å². The second-order valence-corrected chi connectivity index (χ2v) is 5.58. The molecule has 18 heavy (non-hydrogen) atoms. The lowest BCUT2D eigenvalue weighted by Gasteiger charge is -2.24. The van der Waals surface area contributed by atoms with E-state index in [0.29, 0.717) is 6.54 Å². The average Bonchev–Trinajstić information content (AvgIpc) is 2.52. The third kappa shape index (κ3) is 3.80. The van der Waals surface area contributed by atoms with Crippen molar-refractivity contribution in [3.8, 4) is 0 Å². The van der Waals surface area contributed by atoms with Gasteiger partial charge in [0.05, 0.1) is 11.7 Å². The van der Waals surface area contributed by atoms with E-state index in [1.54, 1.807) is 0 Å². The van der Waals surface area contributed by atoms with Crippen LogP contribution in [0.15, 0.2) is 30.3 Å². The summed E-state index contributed by atoms with van der Waals surface area (Å²) < 4.78 is 0. The molecule has 100 valence electrons. The quantitative estimate of drug-likeness (QED) is 0.860. The molecule has 2 atom stereocenters. The molecule has 0 radical (unpaired) electrons. The molecule has 2 N–H and O–H groups in total. The third-order valence-corrected chi connectivity index (χ3v) is 3.77. The van der Waals surface area contributed by atoms with Gasteiger partial charge in [0.25, 0.3) is 0 Å². The summed E-state index contributed by atoms with van der Waals surface area (Å²) in [4.78, 5) is 2.25. The molecular formula is C15H23NO2. The number of likely N-dealkylation sites (tertiary alicyclic amines) is 1. The molecule has 0 aromatic heterocycles. The minimum atomic E-state index is -0.535. The number of β-amino-alcohol motifs (C(OH)–C–C–N with tert-alkyl or cyclic N) is 1. The van der Waals surface area contributed by atoms with Crippen molar-refractivity contribution in [1.29, 1.82) is 0 Å². The smallest absolute Gasteiger partial charge is 0.0916 e. The van der Waals surface area contributed by atoms with E-state index in [4.69, 9.17) is 0 Å². The van der Waals surface area contributed by atoms with Gasteiger partial charge in [0, 0.05) is 13.1 Å². The molecule has 3 heteroatoms. The van der Waals surface area contributed by atoms with Crippen LogP contribution in [0.4, 0.5) is 0 Å². The van der Waals surface area contributed by atoms with Crippen molar-refractivity contribution in [3.63, 3.8) is 0 Å². The largest absolute Gasteiger partial charge is 0.390 e. The maximum Gasteiger partial charge on any atom is 0.0916 e. The summed E-state index contributed by atoms with van der Waals surface area (Å²) in [5.41, 5.74) is 0.431. The number of hydrogen-bond acceptors (Lipinski definition) is 3. The second-order valence-electron chi connectivity index (χ2n) is 5.58. The lowest BCUT2D eigenvalue weighted by Crippen LogP contribution is -2.31. The van der Waals surface area contributed by atoms with E-state index in [1.165, 1.54) is 0 Å². The highest BCUT2D eigenvalue weighted by Gasteiger charge is 2.25. The van der Waals surface area contributed by atoms with Gasteiger partial charge >= 0.3 is 0 Å². The van der Waals surface area contributed by atoms with E-state index >= 15 is 0 Å². The van der Waals surface area contributed by atoms with E-state index < -0.39 is 11.7 Å². The summed E-state index contributed by atoms with van der Waals surface area (Å²) in [6.45, 7) is 4.38. The zero-order valence-corrected chi connectivity index (χ0v) is 11.0. The monoisotopic (exact) mass is 249 g/mol. The third-order valence-electron chi connectivity index (χ3n) is 3.77. The van der Waals surface area contributed by atoms with Crippen LogP contribution in [0.3, 0.4) is 0 Å². The van der Waals surface area contributed by atoms with Gasteiger partial charge in [-0.1, -0.05) is 30.3 Å². The maximum atomic E-state index is 10.2. The summed E-state index contributed by atoms with van der Waals surface area (Å²) >= 11 is 0. The Bertz CT molecular complexity index is 364. The Morgan fingerprint density at radius 2 is 1.94 bits per heavy atom. The Kier molecular flexibility index (Phi) is 4.38. The van der Waals surface area contributed by atoms with Crippen LogP contribution in [-0.4, -0.2) is 40.3 Å². The zero-order valence-electron chi connectivity index (χ0n) is 11.0. The molecule has 0 aliphatic carbocycles. The van der Waals surface area contributed by atoms with Crippen molar-refractivity contribution in [2.75, 3.05) is 19.6 Å². The number of nitrogens with zero attached hydrogens (tertiary/aromatic N) is 1. The molecule has 1 aromatic carbocycles. The van der Waals surface area contributed by atoms with Gasteiger partial charge in [0.1, 0.15) is 0 Å². The normalized spacial score (nSPS) is 27.7. The van der Waals surface area contributed by atoms with Gasteiger partial charge in [-0.15, -0.1) is 0 Å². The SMILES string of the molecule is CC1(O)CCCN(CC(O)c2ccccc2)CC1. The van der Waals surface area contributed by atoms with Gasteiger partial charge in [-0.2, -0.15) is 0 Å². The molecule has 1 saturated heterocycles. The Morgan fingerprint density at radius 1 is 1.22 bits per heavy atom. The molecule has 2 rings (SSSR count). The van der Waals surface area contributed by atoms with Gasteiger partial charge in [-0.25, -0.2) is 0 Å². The Hall–Kier alpha value is -0.900. The molecule has 1 heterocycles. The van der Waals surface area contributed by atoms with Crippen LogP contribution in [-0.2, 0) is 0 Å². The molecule has 1 aliphatic heterocycles. The predicted octanol–water partition coefficient (Wildman–Crippen LogP) is 1.96. The van der Waals surface area contributed by atoms with E-state index in [0.717, 1.165) is 37.9 Å². The number of aliphatic hydroxyl groups is 2. The van der Waals surface area contributed by atoms with Crippen LogP contribution in [0, 0.1) is 0 Å². The van der Waals surface area contributed by atoms with Crippen LogP contribution in [0.1, 0.15) is 37.9 Å². The van der Waals surface area contributed by atoms with E-state index in [9.17, 15) is 10.2 Å². The van der Waals surface area contributed by atoms with E-state index in [-0.39, 0.29) is 0 Å². The highest BCUT2D eigenvalue weighted by Crippen LogP contribution is 2.23. The molecule has 3 nitrogen and oxygen atoms in total.